The summed E-state index contributed by atoms with van der Waals surface area (Å²) in [7, 11) is 0. The normalized spacial score (nSPS) is 21.4. The summed E-state index contributed by atoms with van der Waals surface area (Å²) < 4.78 is 6.72. The molecule has 1 aromatic heterocycles. The summed E-state index contributed by atoms with van der Waals surface area (Å²) in [5.41, 5.74) is 6.18. The Morgan fingerprint density at radius 1 is 0.771 bits per heavy atom. The average Bonchev–Trinajstić information content (AvgIpc) is 2.85. The number of pyridine rings is 1. The van der Waals surface area contributed by atoms with Crippen molar-refractivity contribution in [3.05, 3.63) is 58.9 Å². The summed E-state index contributed by atoms with van der Waals surface area (Å²) in [5.74, 6) is 2.46. The number of nitrogens with zero attached hydrogens (tertiary/aromatic N) is 1. The Hall–Kier alpha value is -1.81. The fourth-order valence-electron chi connectivity index (χ4n) is 6.09. The molecular weight excluding hydrogens is 427 g/mol. The van der Waals surface area contributed by atoms with Gasteiger partial charge in [-0.05, 0) is 60.6 Å². The van der Waals surface area contributed by atoms with E-state index in [-0.39, 0.29) is 12.1 Å². The zero-order valence-corrected chi connectivity index (χ0v) is 23.6. The van der Waals surface area contributed by atoms with Gasteiger partial charge in [0.25, 0.3) is 6.92 Å². The van der Waals surface area contributed by atoms with Crippen molar-refractivity contribution in [3.8, 4) is 0 Å². The van der Waals surface area contributed by atoms with Crippen LogP contribution < -0.4 is 5.32 Å². The molecule has 0 aliphatic carbocycles. The van der Waals surface area contributed by atoms with Gasteiger partial charge >= 0.3 is 0 Å². The number of hydrogen-bond donors (Lipinski definition) is 1. The van der Waals surface area contributed by atoms with Crippen LogP contribution in [0.2, 0.25) is 11.6 Å². The summed E-state index contributed by atoms with van der Waals surface area (Å²) in [6.45, 7) is 17.9. The Balaban J connectivity index is 0.00000167. The van der Waals surface area contributed by atoms with Crippen LogP contribution in [-0.2, 0) is 4.65 Å². The number of hydrogen-bond acceptors (Lipinski definition) is 3. The monoisotopic (exact) mass is 476 g/mol. The van der Waals surface area contributed by atoms with Crippen LogP contribution in [0.3, 0.4) is 0 Å². The lowest BCUT2D eigenvalue weighted by molar-refractivity contribution is 0.192. The minimum absolute atomic E-state index is 0.0394. The van der Waals surface area contributed by atoms with E-state index in [1.54, 1.807) is 0 Å². The maximum Gasteiger partial charge on any atom is 0.300 e. The molecule has 4 heteroatoms. The SMILES string of the molecule is CC.CC(C)c1cccc(C(C)C)c1NC(C)c1cccc(C(C)OB2C3CCCC2CCC3)n1. The lowest BCUT2D eigenvalue weighted by Gasteiger charge is -2.40. The molecule has 0 saturated carbocycles. The summed E-state index contributed by atoms with van der Waals surface area (Å²) in [4.78, 5) is 5.09. The largest absolute Gasteiger partial charge is 0.427 e. The molecule has 4 rings (SSSR count). The smallest absolute Gasteiger partial charge is 0.300 e. The summed E-state index contributed by atoms with van der Waals surface area (Å²) in [6, 6.07) is 13.3. The zero-order valence-electron chi connectivity index (χ0n) is 23.6. The first-order chi connectivity index (χ1) is 16.8. The first-order valence-electron chi connectivity index (χ1n) is 14.4. The number of para-hydroxylation sites is 1. The standard InChI is InChI=1S/C29H43BN2O.C2H6/c1-19(2)25-15-9-16-26(20(3)4)29(25)31-21(5)27-17-10-18-28(32-27)22(6)33-30-23-11-7-12-24(30)14-8-13-23;1-2/h9-10,15-24,31H,7-8,11-14H2,1-6H3;1-2H3. The molecule has 3 nitrogen and oxygen atoms in total. The lowest BCUT2D eigenvalue weighted by atomic mass is 9.38. The predicted octanol–water partition coefficient (Wildman–Crippen LogP) is 9.70. The molecule has 2 bridgehead atoms. The maximum atomic E-state index is 6.72. The van der Waals surface area contributed by atoms with Gasteiger partial charge in [-0.25, -0.2) is 0 Å². The molecule has 2 unspecified atom stereocenters. The second kappa shape index (κ2) is 12.9. The van der Waals surface area contributed by atoms with Gasteiger partial charge < -0.3 is 9.97 Å². The van der Waals surface area contributed by atoms with Gasteiger partial charge in [0, 0.05) is 5.69 Å². The van der Waals surface area contributed by atoms with Gasteiger partial charge in [-0.15, -0.1) is 0 Å². The third kappa shape index (κ3) is 6.70. The number of fused-ring (bicyclic) bond motifs is 2. The molecule has 2 saturated heterocycles. The highest BCUT2D eigenvalue weighted by Gasteiger charge is 2.42. The summed E-state index contributed by atoms with van der Waals surface area (Å²) in [6.07, 6.45) is 8.18. The first-order valence-corrected chi connectivity index (χ1v) is 14.4. The van der Waals surface area contributed by atoms with Crippen LogP contribution in [-0.4, -0.2) is 11.9 Å². The quantitative estimate of drug-likeness (QED) is 0.385. The molecule has 0 radical (unpaired) electrons. The van der Waals surface area contributed by atoms with Crippen LogP contribution in [0.5, 0.6) is 0 Å². The highest BCUT2D eigenvalue weighted by Crippen LogP contribution is 2.47. The van der Waals surface area contributed by atoms with E-state index in [0.717, 1.165) is 23.0 Å². The van der Waals surface area contributed by atoms with Crippen molar-refractivity contribution in [2.75, 3.05) is 5.32 Å². The molecule has 3 heterocycles. The van der Waals surface area contributed by atoms with Crippen molar-refractivity contribution in [2.24, 2.45) is 0 Å². The second-order valence-corrected chi connectivity index (χ2v) is 11.1. The van der Waals surface area contributed by atoms with Crippen LogP contribution in [0.15, 0.2) is 36.4 Å². The van der Waals surface area contributed by atoms with Gasteiger partial charge in [0.15, 0.2) is 0 Å². The third-order valence-corrected chi connectivity index (χ3v) is 7.98. The topological polar surface area (TPSA) is 34.1 Å². The van der Waals surface area contributed by atoms with Crippen LogP contribution in [0, 0.1) is 0 Å². The third-order valence-electron chi connectivity index (χ3n) is 7.98. The van der Waals surface area contributed by atoms with Gasteiger partial charge in [-0.3, -0.25) is 4.98 Å². The Morgan fingerprint density at radius 3 is 1.77 bits per heavy atom. The molecule has 2 atom stereocenters. The van der Waals surface area contributed by atoms with Crippen LogP contribution in [0.4, 0.5) is 5.69 Å². The minimum Gasteiger partial charge on any atom is -0.427 e. The molecule has 35 heavy (non-hydrogen) atoms. The van der Waals surface area contributed by atoms with Gasteiger partial charge in [0.2, 0.25) is 0 Å². The molecule has 2 aliphatic heterocycles. The van der Waals surface area contributed by atoms with Gasteiger partial charge in [0.1, 0.15) is 0 Å². The van der Waals surface area contributed by atoms with Crippen molar-refractivity contribution >= 4 is 12.6 Å². The van der Waals surface area contributed by atoms with E-state index in [1.165, 1.54) is 55.3 Å². The predicted molar refractivity (Wildman–Crippen MR) is 153 cm³/mol. The molecule has 2 aromatic rings. The van der Waals surface area contributed by atoms with E-state index < -0.39 is 0 Å². The number of anilines is 1. The molecular formula is C31H49BN2O. The Morgan fingerprint density at radius 2 is 1.26 bits per heavy atom. The van der Waals surface area contributed by atoms with Crippen molar-refractivity contribution in [1.82, 2.24) is 4.98 Å². The van der Waals surface area contributed by atoms with E-state index in [0.29, 0.717) is 18.8 Å². The van der Waals surface area contributed by atoms with Gasteiger partial charge in [-0.2, -0.15) is 0 Å². The molecule has 192 valence electrons. The number of rotatable bonds is 8. The molecule has 0 spiro atoms. The van der Waals surface area contributed by atoms with Crippen molar-refractivity contribution in [3.63, 3.8) is 0 Å². The van der Waals surface area contributed by atoms with E-state index >= 15 is 0 Å². The van der Waals surface area contributed by atoms with E-state index in [1.807, 2.05) is 13.8 Å². The lowest BCUT2D eigenvalue weighted by Crippen LogP contribution is -2.38. The average molecular weight is 477 g/mol. The highest BCUT2D eigenvalue weighted by molar-refractivity contribution is 6.56. The minimum atomic E-state index is 0.0394. The number of nitrogens with one attached hydrogen (secondary N) is 1. The maximum absolute atomic E-state index is 6.72. The van der Waals surface area contributed by atoms with E-state index in [2.05, 4.69) is 83.3 Å². The van der Waals surface area contributed by atoms with Gasteiger partial charge in [-0.1, -0.05) is 104 Å². The Labute approximate surface area is 216 Å². The highest BCUT2D eigenvalue weighted by atomic mass is 16.4. The summed E-state index contributed by atoms with van der Waals surface area (Å²) in [5, 5.41) is 3.83. The number of aromatic nitrogens is 1. The van der Waals surface area contributed by atoms with Crippen LogP contribution in [0.25, 0.3) is 0 Å². The fraction of sp³-hybridized carbons (Fsp3) is 0.645. The number of benzene rings is 1. The fourth-order valence-corrected chi connectivity index (χ4v) is 6.09. The van der Waals surface area contributed by atoms with E-state index in [9.17, 15) is 0 Å². The zero-order chi connectivity index (χ0) is 25.5. The van der Waals surface area contributed by atoms with Crippen molar-refractivity contribution in [2.45, 2.75) is 130 Å². The van der Waals surface area contributed by atoms with Crippen molar-refractivity contribution in [1.29, 1.82) is 0 Å². The molecule has 1 N–H and O–H groups in total. The second-order valence-electron chi connectivity index (χ2n) is 11.1. The van der Waals surface area contributed by atoms with E-state index in [4.69, 9.17) is 9.64 Å². The van der Waals surface area contributed by atoms with Crippen molar-refractivity contribution < 1.29 is 4.65 Å². The summed E-state index contributed by atoms with van der Waals surface area (Å²) >= 11 is 0. The molecule has 2 aliphatic rings. The van der Waals surface area contributed by atoms with Gasteiger partial charge in [0.05, 0.1) is 23.5 Å². The molecule has 0 amide bonds. The van der Waals surface area contributed by atoms with Crippen LogP contribution in [0.1, 0.15) is 140 Å². The Bertz CT molecular complexity index is 880. The van der Waals surface area contributed by atoms with Crippen LogP contribution >= 0.6 is 0 Å². The molecule has 1 aromatic carbocycles. The first kappa shape index (κ1) is 27.8. The molecule has 2 fully saturated rings. The Kier molecular flexibility index (Phi) is 10.3.